The lowest BCUT2D eigenvalue weighted by atomic mass is 9.88. The minimum absolute atomic E-state index is 0.0224. The second-order valence-corrected chi connectivity index (χ2v) is 9.32. The first kappa shape index (κ1) is 24.3. The molecule has 1 spiro atoms. The van der Waals surface area contributed by atoms with E-state index < -0.39 is 35.9 Å². The Bertz CT molecular complexity index is 690. The quantitative estimate of drug-likeness (QED) is 0.704. The highest BCUT2D eigenvalue weighted by molar-refractivity contribution is 5.84. The summed E-state index contributed by atoms with van der Waals surface area (Å²) in [5.41, 5.74) is 6.27. The van der Waals surface area contributed by atoms with Gasteiger partial charge in [0.2, 0.25) is 11.8 Å². The van der Waals surface area contributed by atoms with E-state index in [1.807, 2.05) is 6.07 Å². The van der Waals surface area contributed by atoms with Gasteiger partial charge in [0, 0.05) is 19.5 Å². The molecule has 170 valence electrons. The Labute approximate surface area is 175 Å². The Balaban J connectivity index is 0.000000214. The van der Waals surface area contributed by atoms with E-state index in [-0.39, 0.29) is 11.2 Å². The maximum atomic E-state index is 12.5. The molecule has 0 radical (unpaired) electrons. The number of carboxylic acid groups (broad SMARTS) is 1. The lowest BCUT2D eigenvalue weighted by molar-refractivity contribution is -0.124. The minimum Gasteiger partial charge on any atom is -0.667 e. The Kier molecular flexibility index (Phi) is 6.99. The standard InChI is InChI=1S/C11H19NO3.C9H12F2N3O/c1-10(2)3-4-11(15-10)5-7-12(8-6-11)9(13)14;1-8(10,11)4-6(13)7(15)14-9(5-12)2-3-9/h3-8H2,1-2H3,(H,13,14);6,13H,2-4H2,1H3,(H,14,15)/q;-1/t;6-/m.0/s1. The van der Waals surface area contributed by atoms with Crippen LogP contribution in [0.3, 0.4) is 0 Å². The van der Waals surface area contributed by atoms with Crippen molar-refractivity contribution in [1.82, 2.24) is 10.2 Å². The van der Waals surface area contributed by atoms with Crippen LogP contribution in [0.5, 0.6) is 0 Å². The summed E-state index contributed by atoms with van der Waals surface area (Å²) in [7, 11) is 0. The van der Waals surface area contributed by atoms with Crippen molar-refractivity contribution in [3.8, 4) is 6.07 Å². The van der Waals surface area contributed by atoms with Crippen LogP contribution in [-0.2, 0) is 9.53 Å². The van der Waals surface area contributed by atoms with E-state index in [2.05, 4.69) is 19.2 Å². The monoisotopic (exact) mass is 429 g/mol. The van der Waals surface area contributed by atoms with Crippen molar-refractivity contribution in [3.05, 3.63) is 5.73 Å². The summed E-state index contributed by atoms with van der Waals surface area (Å²) in [5, 5.41) is 19.8. The van der Waals surface area contributed by atoms with Gasteiger partial charge in [-0.25, -0.2) is 13.6 Å². The summed E-state index contributed by atoms with van der Waals surface area (Å²) >= 11 is 0. The highest BCUT2D eigenvalue weighted by atomic mass is 19.3. The Morgan fingerprint density at radius 2 is 1.80 bits per heavy atom. The molecule has 8 nitrogen and oxygen atoms in total. The van der Waals surface area contributed by atoms with Crippen LogP contribution in [0.2, 0.25) is 0 Å². The molecule has 2 heterocycles. The number of rotatable bonds is 4. The Hall–Kier alpha value is -1.99. The van der Waals surface area contributed by atoms with E-state index in [0.717, 1.165) is 25.7 Å². The van der Waals surface area contributed by atoms with Gasteiger partial charge in [0.15, 0.2) is 0 Å². The van der Waals surface area contributed by atoms with Crippen molar-refractivity contribution in [3.63, 3.8) is 0 Å². The first-order chi connectivity index (χ1) is 13.7. The number of nitrogens with one attached hydrogen (secondary N) is 2. The van der Waals surface area contributed by atoms with Gasteiger partial charge in [-0.2, -0.15) is 5.26 Å². The van der Waals surface area contributed by atoms with E-state index in [0.29, 0.717) is 32.9 Å². The molecular weight excluding hydrogens is 398 g/mol. The van der Waals surface area contributed by atoms with Gasteiger partial charge in [0.05, 0.1) is 17.3 Å². The smallest absolute Gasteiger partial charge is 0.407 e. The lowest BCUT2D eigenvalue weighted by Crippen LogP contribution is -2.46. The fourth-order valence-corrected chi connectivity index (χ4v) is 3.84. The highest BCUT2D eigenvalue weighted by Crippen LogP contribution is 2.43. The third kappa shape index (κ3) is 6.77. The third-order valence-corrected chi connectivity index (χ3v) is 5.83. The Morgan fingerprint density at radius 1 is 1.23 bits per heavy atom. The van der Waals surface area contributed by atoms with Gasteiger partial charge in [-0.05, 0) is 59.3 Å². The zero-order valence-corrected chi connectivity index (χ0v) is 17.8. The lowest BCUT2D eigenvalue weighted by Gasteiger charge is -2.39. The molecule has 3 aliphatic rings. The topological polar surface area (TPSA) is 126 Å². The summed E-state index contributed by atoms with van der Waals surface area (Å²) < 4.78 is 31.1. The van der Waals surface area contributed by atoms with Crippen molar-refractivity contribution in [2.45, 2.75) is 94.4 Å². The van der Waals surface area contributed by atoms with Crippen LogP contribution < -0.4 is 5.32 Å². The van der Waals surface area contributed by atoms with Crippen LogP contribution >= 0.6 is 0 Å². The second-order valence-electron chi connectivity index (χ2n) is 9.32. The van der Waals surface area contributed by atoms with E-state index in [1.165, 1.54) is 4.90 Å². The van der Waals surface area contributed by atoms with Crippen LogP contribution in [0.25, 0.3) is 5.73 Å². The number of halogens is 2. The summed E-state index contributed by atoms with van der Waals surface area (Å²) in [6, 6.07) is 0.380. The van der Waals surface area contributed by atoms with E-state index in [1.54, 1.807) is 0 Å². The number of nitrogens with zero attached hydrogens (tertiary/aromatic N) is 2. The fourth-order valence-electron chi connectivity index (χ4n) is 3.84. The fraction of sp³-hybridized carbons (Fsp3) is 0.850. The normalized spacial score (nSPS) is 24.2. The molecule has 3 rings (SSSR count). The number of alkyl halides is 2. The molecule has 30 heavy (non-hydrogen) atoms. The molecular formula is C20H31F2N4O4-. The number of hydrogen-bond donors (Lipinski definition) is 2. The molecule has 1 atom stereocenters. The average Bonchev–Trinajstić information content (AvgIpc) is 3.33. The molecule has 10 heteroatoms. The molecule has 0 bridgehead atoms. The summed E-state index contributed by atoms with van der Waals surface area (Å²) in [6.07, 6.45) is 3.30. The summed E-state index contributed by atoms with van der Waals surface area (Å²) in [6.45, 7) is 6.13. The molecule has 0 unspecified atom stereocenters. The van der Waals surface area contributed by atoms with Gasteiger partial charge < -0.3 is 25.8 Å². The van der Waals surface area contributed by atoms with Crippen LogP contribution in [0.15, 0.2) is 0 Å². The number of piperidine rings is 1. The van der Waals surface area contributed by atoms with E-state index >= 15 is 0 Å². The van der Waals surface area contributed by atoms with Crippen LogP contribution in [-0.4, -0.2) is 63.8 Å². The van der Waals surface area contributed by atoms with Gasteiger partial charge in [-0.3, -0.25) is 4.79 Å². The van der Waals surface area contributed by atoms with Gasteiger partial charge in [0.25, 0.3) is 0 Å². The number of likely N-dealkylation sites (tertiary alicyclic amines) is 1. The van der Waals surface area contributed by atoms with Crippen LogP contribution in [0, 0.1) is 11.3 Å². The van der Waals surface area contributed by atoms with Crippen LogP contribution in [0.4, 0.5) is 13.6 Å². The minimum atomic E-state index is -3.03. The largest absolute Gasteiger partial charge is 0.667 e. The zero-order valence-electron chi connectivity index (χ0n) is 17.8. The predicted molar refractivity (Wildman–Crippen MR) is 105 cm³/mol. The number of nitriles is 1. The SMILES string of the molecule is CC(F)(F)C[C@H]([NH-])C(=O)NC1(C#N)CC1.CC1(C)CCC2(CCN(C(=O)O)CC2)O1. The number of carbonyl (C=O) groups excluding carboxylic acids is 1. The van der Waals surface area contributed by atoms with E-state index in [9.17, 15) is 18.4 Å². The molecule has 1 aliphatic carbocycles. The number of hydrogen-bond acceptors (Lipinski definition) is 4. The van der Waals surface area contributed by atoms with Crippen molar-refractivity contribution in [2.24, 2.45) is 0 Å². The molecule has 0 aromatic carbocycles. The van der Waals surface area contributed by atoms with Gasteiger partial charge >= 0.3 is 6.09 Å². The Morgan fingerprint density at radius 3 is 2.17 bits per heavy atom. The molecule has 2 saturated heterocycles. The van der Waals surface area contributed by atoms with Crippen molar-refractivity contribution >= 4 is 12.0 Å². The van der Waals surface area contributed by atoms with Crippen molar-refractivity contribution < 1.29 is 28.2 Å². The van der Waals surface area contributed by atoms with Crippen molar-refractivity contribution in [1.29, 1.82) is 5.26 Å². The maximum Gasteiger partial charge on any atom is 0.407 e. The molecule has 0 aromatic heterocycles. The van der Waals surface area contributed by atoms with Crippen molar-refractivity contribution in [2.75, 3.05) is 13.1 Å². The zero-order chi connectivity index (χ0) is 22.8. The molecule has 2 aliphatic heterocycles. The average molecular weight is 429 g/mol. The third-order valence-electron chi connectivity index (χ3n) is 5.83. The highest BCUT2D eigenvalue weighted by Gasteiger charge is 2.46. The molecule has 0 aromatic rings. The predicted octanol–water partition coefficient (Wildman–Crippen LogP) is 3.71. The molecule has 1 saturated carbocycles. The maximum absolute atomic E-state index is 12.5. The van der Waals surface area contributed by atoms with E-state index in [4.69, 9.17) is 20.8 Å². The first-order valence-corrected chi connectivity index (χ1v) is 10.2. The molecule has 3 fully saturated rings. The number of amides is 2. The summed E-state index contributed by atoms with van der Waals surface area (Å²) in [5.74, 6) is -3.83. The van der Waals surface area contributed by atoms with Gasteiger partial charge in [-0.1, -0.05) is 6.04 Å². The molecule has 3 N–H and O–H groups in total. The van der Waals surface area contributed by atoms with Gasteiger partial charge in [0.1, 0.15) is 5.54 Å². The molecule has 2 amide bonds. The van der Waals surface area contributed by atoms with Gasteiger partial charge in [-0.15, -0.1) is 0 Å². The number of ether oxygens (including phenoxy) is 1. The summed E-state index contributed by atoms with van der Waals surface area (Å²) in [4.78, 5) is 23.5. The van der Waals surface area contributed by atoms with Crippen LogP contribution in [0.1, 0.15) is 65.7 Å². The second kappa shape index (κ2) is 8.63. The number of carbonyl (C=O) groups is 2. The first-order valence-electron chi connectivity index (χ1n) is 10.2.